The third kappa shape index (κ3) is 4.75. The van der Waals surface area contributed by atoms with E-state index < -0.39 is 11.9 Å². The van der Waals surface area contributed by atoms with Crippen LogP contribution in [0.4, 0.5) is 5.69 Å². The molecule has 9 nitrogen and oxygen atoms in total. The zero-order chi connectivity index (χ0) is 20.8. The summed E-state index contributed by atoms with van der Waals surface area (Å²) in [5, 5.41) is 2.68. The van der Waals surface area contributed by atoms with Crippen LogP contribution < -0.4 is 5.32 Å². The van der Waals surface area contributed by atoms with Gasteiger partial charge in [-0.25, -0.2) is 9.78 Å². The fourth-order valence-corrected chi connectivity index (χ4v) is 2.88. The predicted octanol–water partition coefficient (Wildman–Crippen LogP) is 1.03. The van der Waals surface area contributed by atoms with Crippen LogP contribution in [0, 0.1) is 0 Å². The summed E-state index contributed by atoms with van der Waals surface area (Å²) in [5.41, 5.74) is 1.11. The Morgan fingerprint density at radius 2 is 1.66 bits per heavy atom. The van der Waals surface area contributed by atoms with E-state index in [9.17, 15) is 19.2 Å². The van der Waals surface area contributed by atoms with E-state index in [-0.39, 0.29) is 17.3 Å². The van der Waals surface area contributed by atoms with Gasteiger partial charge in [0.1, 0.15) is 11.4 Å². The lowest BCUT2D eigenvalue weighted by Gasteiger charge is -2.32. The highest BCUT2D eigenvalue weighted by Gasteiger charge is 2.23. The van der Waals surface area contributed by atoms with E-state index in [1.54, 1.807) is 34.1 Å². The Morgan fingerprint density at radius 1 is 1.00 bits per heavy atom. The molecule has 150 valence electrons. The predicted molar refractivity (Wildman–Crippen MR) is 104 cm³/mol. The molecule has 0 unspecified atom stereocenters. The van der Waals surface area contributed by atoms with Gasteiger partial charge in [0.2, 0.25) is 6.41 Å². The van der Waals surface area contributed by atoms with Crippen LogP contribution in [0.1, 0.15) is 31.3 Å². The second kappa shape index (κ2) is 8.96. The summed E-state index contributed by atoms with van der Waals surface area (Å²) in [4.78, 5) is 54.8. The van der Waals surface area contributed by atoms with Crippen molar-refractivity contribution in [1.82, 2.24) is 14.8 Å². The average molecular weight is 396 g/mol. The van der Waals surface area contributed by atoms with E-state index in [0.717, 1.165) is 6.41 Å². The number of esters is 1. The van der Waals surface area contributed by atoms with E-state index in [0.29, 0.717) is 37.4 Å². The van der Waals surface area contributed by atoms with Gasteiger partial charge in [0.05, 0.1) is 12.7 Å². The van der Waals surface area contributed by atoms with Crippen molar-refractivity contribution in [2.45, 2.75) is 0 Å². The fourth-order valence-electron chi connectivity index (χ4n) is 2.88. The molecule has 1 fully saturated rings. The van der Waals surface area contributed by atoms with E-state index in [1.807, 2.05) is 0 Å². The third-order valence-corrected chi connectivity index (χ3v) is 4.52. The minimum Gasteiger partial charge on any atom is -0.465 e. The number of pyridine rings is 1. The van der Waals surface area contributed by atoms with Crippen molar-refractivity contribution in [2.24, 2.45) is 0 Å². The van der Waals surface area contributed by atoms with Gasteiger partial charge in [-0.05, 0) is 36.4 Å². The summed E-state index contributed by atoms with van der Waals surface area (Å²) in [6.45, 7) is 1.78. The quantitative estimate of drug-likeness (QED) is 0.597. The highest BCUT2D eigenvalue weighted by Crippen LogP contribution is 2.13. The number of benzene rings is 1. The number of ether oxygens (including phenoxy) is 1. The molecule has 3 rings (SSSR count). The molecular formula is C20H20N4O5. The van der Waals surface area contributed by atoms with Crippen molar-refractivity contribution < 1.29 is 23.9 Å². The summed E-state index contributed by atoms with van der Waals surface area (Å²) in [6.07, 6.45) is 0.767. The Morgan fingerprint density at radius 3 is 2.28 bits per heavy atom. The SMILES string of the molecule is COC(=O)c1ccc(NC(=O)c2cccc(C(=O)N3CCN(C=O)CC3)n2)cc1. The van der Waals surface area contributed by atoms with Gasteiger partial charge in [-0.2, -0.15) is 0 Å². The maximum Gasteiger partial charge on any atom is 0.337 e. The summed E-state index contributed by atoms with van der Waals surface area (Å²) in [6, 6.07) is 10.9. The number of methoxy groups -OCH3 is 1. The number of aromatic nitrogens is 1. The van der Waals surface area contributed by atoms with Crippen LogP contribution in [-0.2, 0) is 9.53 Å². The van der Waals surface area contributed by atoms with Crippen LogP contribution in [0.2, 0.25) is 0 Å². The molecule has 9 heteroatoms. The molecule has 1 aromatic carbocycles. The van der Waals surface area contributed by atoms with Gasteiger partial charge in [0.15, 0.2) is 0 Å². The van der Waals surface area contributed by atoms with Gasteiger partial charge in [0.25, 0.3) is 11.8 Å². The van der Waals surface area contributed by atoms with Crippen LogP contribution in [0.15, 0.2) is 42.5 Å². The lowest BCUT2D eigenvalue weighted by atomic mass is 10.2. The summed E-state index contributed by atoms with van der Waals surface area (Å²) in [7, 11) is 1.29. The largest absolute Gasteiger partial charge is 0.465 e. The highest BCUT2D eigenvalue weighted by atomic mass is 16.5. The minimum atomic E-state index is -0.476. The van der Waals surface area contributed by atoms with E-state index >= 15 is 0 Å². The second-order valence-electron chi connectivity index (χ2n) is 6.36. The van der Waals surface area contributed by atoms with Crippen molar-refractivity contribution in [2.75, 3.05) is 38.6 Å². The summed E-state index contributed by atoms with van der Waals surface area (Å²) >= 11 is 0. The molecule has 29 heavy (non-hydrogen) atoms. The Hall–Kier alpha value is -3.75. The summed E-state index contributed by atoms with van der Waals surface area (Å²) in [5.74, 6) is -1.23. The third-order valence-electron chi connectivity index (χ3n) is 4.52. The fraction of sp³-hybridized carbons (Fsp3) is 0.250. The van der Waals surface area contributed by atoms with Crippen LogP contribution in [-0.4, -0.2) is 72.3 Å². The summed E-state index contributed by atoms with van der Waals surface area (Å²) < 4.78 is 4.63. The van der Waals surface area contributed by atoms with Crippen molar-refractivity contribution in [3.05, 3.63) is 59.4 Å². The molecule has 2 heterocycles. The Labute approximate surface area is 167 Å². The Bertz CT molecular complexity index is 921. The average Bonchev–Trinajstić information content (AvgIpc) is 2.78. The van der Waals surface area contributed by atoms with Gasteiger partial charge >= 0.3 is 5.97 Å². The van der Waals surface area contributed by atoms with Crippen molar-refractivity contribution in [3.63, 3.8) is 0 Å². The molecule has 0 bridgehead atoms. The molecule has 1 aliphatic heterocycles. The monoisotopic (exact) mass is 396 g/mol. The standard InChI is InChI=1S/C20H20N4O5/c1-29-20(28)14-5-7-15(8-6-14)21-18(26)16-3-2-4-17(22-16)19(27)24-11-9-23(13-25)10-12-24/h2-8,13H,9-12H2,1H3,(H,21,26). The molecule has 1 aliphatic rings. The molecule has 1 aromatic heterocycles. The Balaban J connectivity index is 1.67. The molecule has 0 radical (unpaired) electrons. The van der Waals surface area contributed by atoms with Crippen LogP contribution in [0.5, 0.6) is 0 Å². The second-order valence-corrected chi connectivity index (χ2v) is 6.36. The first-order chi connectivity index (χ1) is 14.0. The van der Waals surface area contributed by atoms with Gasteiger partial charge in [-0.1, -0.05) is 6.07 Å². The molecule has 0 saturated carbocycles. The molecule has 0 aliphatic carbocycles. The number of nitrogens with one attached hydrogen (secondary N) is 1. The first-order valence-electron chi connectivity index (χ1n) is 8.97. The van der Waals surface area contributed by atoms with Gasteiger partial charge < -0.3 is 19.9 Å². The molecule has 3 amide bonds. The van der Waals surface area contributed by atoms with Crippen LogP contribution in [0.3, 0.4) is 0 Å². The van der Waals surface area contributed by atoms with E-state index in [1.165, 1.54) is 25.3 Å². The number of carbonyl (C=O) groups excluding carboxylic acids is 4. The van der Waals surface area contributed by atoms with E-state index in [2.05, 4.69) is 15.0 Å². The van der Waals surface area contributed by atoms with Gasteiger partial charge in [-0.3, -0.25) is 14.4 Å². The zero-order valence-electron chi connectivity index (χ0n) is 15.8. The van der Waals surface area contributed by atoms with Gasteiger partial charge in [0, 0.05) is 31.9 Å². The first-order valence-corrected chi connectivity index (χ1v) is 8.97. The highest BCUT2D eigenvalue weighted by molar-refractivity contribution is 6.04. The minimum absolute atomic E-state index is 0.0967. The molecule has 0 spiro atoms. The van der Waals surface area contributed by atoms with Crippen LogP contribution >= 0.6 is 0 Å². The number of hydrogen-bond donors (Lipinski definition) is 1. The number of hydrogen-bond acceptors (Lipinski definition) is 6. The van der Waals surface area contributed by atoms with Crippen molar-refractivity contribution in [1.29, 1.82) is 0 Å². The normalized spacial score (nSPS) is 13.6. The molecule has 0 atom stereocenters. The first kappa shape index (κ1) is 20.0. The lowest BCUT2D eigenvalue weighted by molar-refractivity contribution is -0.119. The maximum atomic E-state index is 12.6. The Kier molecular flexibility index (Phi) is 6.18. The molecule has 2 aromatic rings. The smallest absolute Gasteiger partial charge is 0.337 e. The van der Waals surface area contributed by atoms with Gasteiger partial charge in [-0.15, -0.1) is 0 Å². The van der Waals surface area contributed by atoms with Crippen molar-refractivity contribution >= 4 is 29.9 Å². The zero-order valence-corrected chi connectivity index (χ0v) is 15.8. The number of rotatable bonds is 5. The molecular weight excluding hydrogens is 376 g/mol. The molecule has 1 N–H and O–H groups in total. The topological polar surface area (TPSA) is 109 Å². The number of amides is 3. The van der Waals surface area contributed by atoms with E-state index in [4.69, 9.17) is 0 Å². The number of carbonyl (C=O) groups is 4. The maximum absolute atomic E-state index is 12.6. The molecule has 1 saturated heterocycles. The van der Waals surface area contributed by atoms with Crippen LogP contribution in [0.25, 0.3) is 0 Å². The number of anilines is 1. The van der Waals surface area contributed by atoms with Crippen molar-refractivity contribution in [3.8, 4) is 0 Å². The number of piperazine rings is 1. The lowest BCUT2D eigenvalue weighted by Crippen LogP contribution is -2.48. The number of nitrogens with zero attached hydrogens (tertiary/aromatic N) is 3.